The van der Waals surface area contributed by atoms with Crippen molar-refractivity contribution in [2.24, 2.45) is 40.7 Å². The minimum atomic E-state index is -1.93. The smallest absolute Gasteiger partial charge is 0.323 e. The summed E-state index contributed by atoms with van der Waals surface area (Å²) < 4.78 is 12.1. The third-order valence-electron chi connectivity index (χ3n) is 11.4. The Morgan fingerprint density at radius 3 is 2.44 bits per heavy atom. The molecule has 2 saturated carbocycles. The van der Waals surface area contributed by atoms with Gasteiger partial charge in [-0.15, -0.1) is 0 Å². The van der Waals surface area contributed by atoms with Gasteiger partial charge in [0, 0.05) is 29.6 Å². The van der Waals surface area contributed by atoms with Crippen molar-refractivity contribution in [2.45, 2.75) is 83.6 Å². The fraction of sp³-hybridized carbons (Fsp3) is 0.541. The minimum absolute atomic E-state index is 0.0985. The van der Waals surface area contributed by atoms with Gasteiger partial charge in [0.1, 0.15) is 18.2 Å². The van der Waals surface area contributed by atoms with E-state index in [1.54, 1.807) is 13.0 Å². The summed E-state index contributed by atoms with van der Waals surface area (Å²) >= 11 is 0. The highest BCUT2D eigenvalue weighted by atomic mass is 16.6. The van der Waals surface area contributed by atoms with E-state index in [0.717, 1.165) is 16.3 Å². The van der Waals surface area contributed by atoms with E-state index in [-0.39, 0.29) is 43.0 Å². The maximum atomic E-state index is 13.7. The highest BCUT2D eigenvalue weighted by molar-refractivity contribution is 5.98. The summed E-state index contributed by atoms with van der Waals surface area (Å²) in [5.41, 5.74) is 2.87. The molecule has 2 aromatic rings. The fourth-order valence-corrected chi connectivity index (χ4v) is 8.82. The van der Waals surface area contributed by atoms with Gasteiger partial charge >= 0.3 is 11.9 Å². The fourth-order valence-electron chi connectivity index (χ4n) is 8.82. The van der Waals surface area contributed by atoms with Gasteiger partial charge in [0.05, 0.1) is 12.0 Å². The molecule has 2 fully saturated rings. The first kappa shape index (κ1) is 31.6. The molecule has 6 rings (SSSR count). The molecule has 3 unspecified atom stereocenters. The van der Waals surface area contributed by atoms with Gasteiger partial charge in [-0.25, -0.2) is 0 Å². The summed E-state index contributed by atoms with van der Waals surface area (Å²) in [6, 6.07) is 13.0. The van der Waals surface area contributed by atoms with Gasteiger partial charge in [-0.1, -0.05) is 96.2 Å². The van der Waals surface area contributed by atoms with E-state index in [4.69, 9.17) is 15.2 Å². The van der Waals surface area contributed by atoms with Crippen molar-refractivity contribution in [1.29, 1.82) is 0 Å². The molecule has 4 aliphatic carbocycles. The third kappa shape index (κ3) is 4.63. The Morgan fingerprint density at radius 1 is 1.04 bits per heavy atom. The number of carbonyl (C=O) groups excluding carboxylic acids is 3. The predicted octanol–water partition coefficient (Wildman–Crippen LogP) is 4.44. The molecule has 4 N–H and O–H groups in total. The zero-order valence-corrected chi connectivity index (χ0v) is 27.0. The van der Waals surface area contributed by atoms with Crippen LogP contribution in [0.25, 0.3) is 10.8 Å². The average molecular weight is 616 g/mol. The molecule has 45 heavy (non-hydrogen) atoms. The van der Waals surface area contributed by atoms with E-state index in [1.807, 2.05) is 83.2 Å². The maximum absolute atomic E-state index is 13.7. The second kappa shape index (κ2) is 10.6. The van der Waals surface area contributed by atoms with Crippen LogP contribution >= 0.6 is 0 Å². The van der Waals surface area contributed by atoms with Crippen LogP contribution in [0.2, 0.25) is 0 Å². The summed E-state index contributed by atoms with van der Waals surface area (Å²) in [4.78, 5) is 39.8. The van der Waals surface area contributed by atoms with Gasteiger partial charge < -0.3 is 25.4 Å². The van der Waals surface area contributed by atoms with Crippen molar-refractivity contribution in [2.75, 3.05) is 6.61 Å². The zero-order chi connectivity index (χ0) is 32.7. The first-order valence-corrected chi connectivity index (χ1v) is 16.1. The molecular formula is C37H45NO7. The number of ether oxygens (including phenoxy) is 2. The number of nitrogens with two attached hydrogens (primary N) is 1. The van der Waals surface area contributed by atoms with Gasteiger partial charge in [-0.3, -0.25) is 14.4 Å². The topological polar surface area (TPSA) is 136 Å². The van der Waals surface area contributed by atoms with Crippen molar-refractivity contribution in [3.05, 3.63) is 71.3 Å². The molecule has 4 aliphatic rings. The van der Waals surface area contributed by atoms with Crippen molar-refractivity contribution >= 4 is 28.5 Å². The van der Waals surface area contributed by atoms with E-state index in [2.05, 4.69) is 0 Å². The molecule has 0 radical (unpaired) electrons. The molecule has 0 aliphatic heterocycles. The molecule has 0 saturated heterocycles. The summed E-state index contributed by atoms with van der Waals surface area (Å²) in [6.45, 7) is 11.2. The highest BCUT2D eigenvalue weighted by Crippen LogP contribution is 2.76. The number of hydrogen-bond donors (Lipinski definition) is 3. The molecule has 8 nitrogen and oxygen atoms in total. The van der Waals surface area contributed by atoms with Crippen LogP contribution < -0.4 is 5.73 Å². The Bertz CT molecular complexity index is 1630. The standard InChI is InChI=1S/C37H45NO7/c1-20(2)30(38)33(41)44-19-23-15-27-31-34(5,6)36(31,45-29(39)16-25-12-9-11-24-10-7-8-13-26(24)25)17-22(4)37(27,43)28-14-21(3)32(40)35(28,42)18-23/h7-15,20-22,27,30-31,42-43H,16-19,38H2,1-6H3/t21?,22-,27?,30?,31-,35-,36+,37-/m1/s1. The molecule has 8 atom stereocenters. The lowest BCUT2D eigenvalue weighted by atomic mass is 9.62. The molecule has 0 spiro atoms. The third-order valence-corrected chi connectivity index (χ3v) is 11.4. The first-order chi connectivity index (χ1) is 21.1. The SMILES string of the molecule is CC1C=C2[C@](O)(CC(COC(=O)C(N)C(C)C)=CC3[C@@H]4C(C)(C)[C@]4(OC(=O)Cc4cccc5ccccc45)C[C@@H](C)[C@]23O)C1=O. The van der Waals surface area contributed by atoms with E-state index in [0.29, 0.717) is 17.6 Å². The van der Waals surface area contributed by atoms with Crippen LogP contribution in [-0.4, -0.2) is 57.4 Å². The van der Waals surface area contributed by atoms with Gasteiger partial charge in [-0.05, 0) is 45.7 Å². The first-order valence-electron chi connectivity index (χ1n) is 16.1. The van der Waals surface area contributed by atoms with Crippen molar-refractivity contribution in [3.63, 3.8) is 0 Å². The quantitative estimate of drug-likeness (QED) is 0.307. The lowest BCUT2D eigenvalue weighted by Crippen LogP contribution is -2.57. The number of Topliss-reactive ketones (excluding diaryl/α,β-unsaturated/α-hetero) is 1. The largest absolute Gasteiger partial charge is 0.460 e. The molecule has 2 aromatic carbocycles. The maximum Gasteiger partial charge on any atom is 0.323 e. The summed E-state index contributed by atoms with van der Waals surface area (Å²) in [5.74, 6) is -3.38. The van der Waals surface area contributed by atoms with Crippen molar-refractivity contribution in [3.8, 4) is 0 Å². The second-order valence-electron chi connectivity index (χ2n) is 14.8. The van der Waals surface area contributed by atoms with Crippen LogP contribution in [0.4, 0.5) is 0 Å². The number of hydrogen-bond acceptors (Lipinski definition) is 8. The van der Waals surface area contributed by atoms with Gasteiger partial charge in [-0.2, -0.15) is 0 Å². The Labute approximate surface area is 264 Å². The number of carbonyl (C=O) groups is 3. The van der Waals surface area contributed by atoms with Crippen LogP contribution in [-0.2, 0) is 30.3 Å². The number of esters is 2. The second-order valence-corrected chi connectivity index (χ2v) is 14.8. The number of ketones is 1. The number of allylic oxidation sites excluding steroid dienone is 1. The minimum Gasteiger partial charge on any atom is -0.460 e. The van der Waals surface area contributed by atoms with Crippen LogP contribution in [0.1, 0.15) is 59.9 Å². The summed E-state index contributed by atoms with van der Waals surface area (Å²) in [6.07, 6.45) is 3.96. The predicted molar refractivity (Wildman–Crippen MR) is 170 cm³/mol. The Morgan fingerprint density at radius 2 is 1.73 bits per heavy atom. The Balaban J connectivity index is 1.35. The average Bonchev–Trinajstić information content (AvgIpc) is 3.39. The van der Waals surface area contributed by atoms with E-state index >= 15 is 0 Å². The molecule has 240 valence electrons. The molecule has 0 amide bonds. The normalized spacial score (nSPS) is 35.4. The number of benzene rings is 2. The van der Waals surface area contributed by atoms with Gasteiger partial charge in [0.15, 0.2) is 11.4 Å². The van der Waals surface area contributed by atoms with Crippen molar-refractivity contribution in [1.82, 2.24) is 0 Å². The lowest BCUT2D eigenvalue weighted by Gasteiger charge is -2.48. The van der Waals surface area contributed by atoms with Crippen LogP contribution in [0.3, 0.4) is 0 Å². The van der Waals surface area contributed by atoms with Gasteiger partial charge in [0.25, 0.3) is 0 Å². The number of rotatable bonds is 7. The van der Waals surface area contributed by atoms with E-state index < -0.39 is 52.0 Å². The number of fused-ring (bicyclic) bond motifs is 6. The molecule has 8 heteroatoms. The zero-order valence-electron chi connectivity index (χ0n) is 27.0. The lowest BCUT2D eigenvalue weighted by molar-refractivity contribution is -0.163. The summed E-state index contributed by atoms with van der Waals surface area (Å²) in [7, 11) is 0. The monoisotopic (exact) mass is 615 g/mol. The van der Waals surface area contributed by atoms with E-state index in [9.17, 15) is 24.6 Å². The van der Waals surface area contributed by atoms with Crippen LogP contribution in [0.15, 0.2) is 65.8 Å². The Kier molecular flexibility index (Phi) is 7.46. The van der Waals surface area contributed by atoms with Crippen molar-refractivity contribution < 1.29 is 34.1 Å². The molecule has 0 bridgehead atoms. The molecule has 0 heterocycles. The highest BCUT2D eigenvalue weighted by Gasteiger charge is 2.82. The molecule has 0 aromatic heterocycles. The number of aliphatic hydroxyl groups is 2. The molecular weight excluding hydrogens is 570 g/mol. The Hall–Kier alpha value is -3.33. The van der Waals surface area contributed by atoms with E-state index in [1.165, 1.54) is 0 Å². The summed E-state index contributed by atoms with van der Waals surface area (Å²) in [5, 5.41) is 26.8. The van der Waals surface area contributed by atoms with Crippen LogP contribution in [0.5, 0.6) is 0 Å². The van der Waals surface area contributed by atoms with Crippen LogP contribution in [0, 0.1) is 35.0 Å². The van der Waals surface area contributed by atoms with Gasteiger partial charge in [0.2, 0.25) is 0 Å².